The summed E-state index contributed by atoms with van der Waals surface area (Å²) >= 11 is 1.30. The quantitative estimate of drug-likeness (QED) is 0.812. The molecule has 1 fully saturated rings. The first-order valence-corrected chi connectivity index (χ1v) is 9.19. The summed E-state index contributed by atoms with van der Waals surface area (Å²) in [6, 6.07) is 1.81. The topological polar surface area (TPSA) is 58.2 Å². The molecule has 1 atom stereocenters. The Labute approximate surface area is 119 Å². The van der Waals surface area contributed by atoms with Gasteiger partial charge in [0.1, 0.15) is 4.21 Å². The van der Waals surface area contributed by atoms with Gasteiger partial charge in [0.25, 0.3) is 0 Å². The SMILES string of the molecule is CCNCc1csc(S(=O)(=O)NC(C)C2CCC2)c1. The van der Waals surface area contributed by atoms with E-state index in [-0.39, 0.29) is 6.04 Å². The number of thiophene rings is 1. The van der Waals surface area contributed by atoms with E-state index in [9.17, 15) is 8.42 Å². The summed E-state index contributed by atoms with van der Waals surface area (Å²) in [4.78, 5) is 0. The zero-order chi connectivity index (χ0) is 13.9. The van der Waals surface area contributed by atoms with E-state index in [4.69, 9.17) is 0 Å². The lowest BCUT2D eigenvalue weighted by molar-refractivity contribution is 0.260. The molecule has 0 aliphatic heterocycles. The van der Waals surface area contributed by atoms with E-state index in [0.717, 1.165) is 31.5 Å². The fourth-order valence-electron chi connectivity index (χ4n) is 2.19. The van der Waals surface area contributed by atoms with Crippen molar-refractivity contribution in [3.8, 4) is 0 Å². The van der Waals surface area contributed by atoms with Crippen LogP contribution in [-0.2, 0) is 16.6 Å². The van der Waals surface area contributed by atoms with E-state index in [1.165, 1.54) is 17.8 Å². The average Bonchev–Trinajstić information content (AvgIpc) is 2.72. The normalized spacial score (nSPS) is 18.2. The van der Waals surface area contributed by atoms with Crippen LogP contribution < -0.4 is 10.0 Å². The van der Waals surface area contributed by atoms with Gasteiger partial charge in [-0.2, -0.15) is 0 Å². The van der Waals surface area contributed by atoms with Gasteiger partial charge in [-0.25, -0.2) is 13.1 Å². The number of nitrogens with one attached hydrogen (secondary N) is 2. The lowest BCUT2D eigenvalue weighted by atomic mass is 9.81. The highest BCUT2D eigenvalue weighted by Crippen LogP contribution is 2.30. The van der Waals surface area contributed by atoms with E-state index in [2.05, 4.69) is 10.0 Å². The highest BCUT2D eigenvalue weighted by Gasteiger charge is 2.28. The number of hydrogen-bond donors (Lipinski definition) is 2. The van der Waals surface area contributed by atoms with Crippen LogP contribution in [0.3, 0.4) is 0 Å². The summed E-state index contributed by atoms with van der Waals surface area (Å²) < 4.78 is 27.7. The van der Waals surface area contributed by atoms with E-state index < -0.39 is 10.0 Å². The molecule has 1 aromatic rings. The van der Waals surface area contributed by atoms with E-state index in [0.29, 0.717) is 10.1 Å². The van der Waals surface area contributed by atoms with Crippen LogP contribution >= 0.6 is 11.3 Å². The molecule has 1 unspecified atom stereocenters. The third kappa shape index (κ3) is 3.78. The Bertz CT molecular complexity index is 506. The highest BCUT2D eigenvalue weighted by molar-refractivity contribution is 7.91. The molecular weight excluding hydrogens is 280 g/mol. The van der Waals surface area contributed by atoms with Gasteiger partial charge in [-0.05, 0) is 49.2 Å². The maximum Gasteiger partial charge on any atom is 0.250 e. The molecule has 0 saturated heterocycles. The van der Waals surface area contributed by atoms with Crippen LogP contribution in [0.2, 0.25) is 0 Å². The summed E-state index contributed by atoms with van der Waals surface area (Å²) in [6.07, 6.45) is 3.50. The van der Waals surface area contributed by atoms with Crippen molar-refractivity contribution in [2.75, 3.05) is 6.54 Å². The van der Waals surface area contributed by atoms with Gasteiger partial charge in [-0.15, -0.1) is 11.3 Å². The predicted octanol–water partition coefficient (Wildman–Crippen LogP) is 2.32. The Morgan fingerprint density at radius 1 is 1.47 bits per heavy atom. The number of rotatable bonds is 7. The molecule has 4 nitrogen and oxygen atoms in total. The highest BCUT2D eigenvalue weighted by atomic mass is 32.2. The third-order valence-corrected chi connectivity index (χ3v) is 6.72. The Hall–Kier alpha value is -0.430. The molecule has 0 aromatic carbocycles. The van der Waals surface area contributed by atoms with Crippen molar-refractivity contribution in [1.29, 1.82) is 0 Å². The van der Waals surface area contributed by atoms with Gasteiger partial charge in [0.2, 0.25) is 10.0 Å². The number of sulfonamides is 1. The Balaban J connectivity index is 1.99. The first-order valence-electron chi connectivity index (χ1n) is 6.83. The number of hydrogen-bond acceptors (Lipinski definition) is 4. The zero-order valence-corrected chi connectivity index (χ0v) is 13.1. The Kier molecular flexibility index (Phi) is 5.00. The summed E-state index contributed by atoms with van der Waals surface area (Å²) in [5, 5.41) is 5.11. The second-order valence-electron chi connectivity index (χ2n) is 5.16. The molecule has 0 radical (unpaired) electrons. The van der Waals surface area contributed by atoms with Gasteiger partial charge < -0.3 is 5.32 Å². The molecule has 19 heavy (non-hydrogen) atoms. The molecule has 2 N–H and O–H groups in total. The molecule has 108 valence electrons. The van der Waals surface area contributed by atoms with Crippen molar-refractivity contribution in [2.45, 2.75) is 49.9 Å². The largest absolute Gasteiger partial charge is 0.313 e. The van der Waals surface area contributed by atoms with Gasteiger partial charge in [-0.1, -0.05) is 13.3 Å². The second-order valence-corrected chi connectivity index (χ2v) is 8.01. The molecule has 0 amide bonds. The van der Waals surface area contributed by atoms with Crippen molar-refractivity contribution in [3.05, 3.63) is 17.0 Å². The van der Waals surface area contributed by atoms with E-state index >= 15 is 0 Å². The summed E-state index contributed by atoms with van der Waals surface area (Å²) in [5.41, 5.74) is 1.03. The molecule has 6 heteroatoms. The molecular formula is C13H22N2O2S2. The Morgan fingerprint density at radius 3 is 2.79 bits per heavy atom. The maximum atomic E-state index is 12.3. The van der Waals surface area contributed by atoms with Crippen LogP contribution in [0.15, 0.2) is 15.7 Å². The van der Waals surface area contributed by atoms with Crippen molar-refractivity contribution in [3.63, 3.8) is 0 Å². The lowest BCUT2D eigenvalue weighted by Crippen LogP contribution is -2.40. The molecule has 1 heterocycles. The van der Waals surface area contributed by atoms with Crippen molar-refractivity contribution in [2.24, 2.45) is 5.92 Å². The average molecular weight is 302 g/mol. The standard InChI is InChI=1S/C13H22N2O2S2/c1-3-14-8-11-7-13(18-9-11)19(16,17)15-10(2)12-5-4-6-12/h7,9-10,12,14-15H,3-6,8H2,1-2H3. The smallest absolute Gasteiger partial charge is 0.250 e. The summed E-state index contributed by atoms with van der Waals surface area (Å²) in [6.45, 7) is 5.61. The van der Waals surface area contributed by atoms with Crippen molar-refractivity contribution in [1.82, 2.24) is 10.0 Å². The second kappa shape index (κ2) is 6.35. The molecule has 1 saturated carbocycles. The Morgan fingerprint density at radius 2 is 2.21 bits per heavy atom. The van der Waals surface area contributed by atoms with E-state index in [1.54, 1.807) is 6.07 Å². The lowest BCUT2D eigenvalue weighted by Gasteiger charge is -2.31. The van der Waals surface area contributed by atoms with Crippen molar-refractivity contribution >= 4 is 21.4 Å². The molecule has 1 aliphatic rings. The van der Waals surface area contributed by atoms with Crippen LogP contribution in [0.25, 0.3) is 0 Å². The van der Waals surface area contributed by atoms with Gasteiger partial charge in [0, 0.05) is 12.6 Å². The fourth-order valence-corrected chi connectivity index (χ4v) is 4.73. The predicted molar refractivity (Wildman–Crippen MR) is 78.8 cm³/mol. The minimum atomic E-state index is -3.34. The molecule has 1 aromatic heterocycles. The van der Waals surface area contributed by atoms with Crippen LogP contribution in [0, 0.1) is 5.92 Å². The molecule has 0 spiro atoms. The third-order valence-electron chi connectivity index (χ3n) is 3.67. The fraction of sp³-hybridized carbons (Fsp3) is 0.692. The minimum absolute atomic E-state index is 0.0399. The van der Waals surface area contributed by atoms with Gasteiger partial charge in [0.15, 0.2) is 0 Å². The molecule has 1 aliphatic carbocycles. The zero-order valence-electron chi connectivity index (χ0n) is 11.5. The monoisotopic (exact) mass is 302 g/mol. The van der Waals surface area contributed by atoms with Crippen LogP contribution in [0.4, 0.5) is 0 Å². The van der Waals surface area contributed by atoms with Gasteiger partial charge >= 0.3 is 0 Å². The van der Waals surface area contributed by atoms with Gasteiger partial charge in [-0.3, -0.25) is 0 Å². The van der Waals surface area contributed by atoms with Gasteiger partial charge in [0.05, 0.1) is 0 Å². The molecule has 0 bridgehead atoms. The van der Waals surface area contributed by atoms with E-state index in [1.807, 2.05) is 19.2 Å². The van der Waals surface area contributed by atoms with Crippen LogP contribution in [-0.4, -0.2) is 21.0 Å². The van der Waals surface area contributed by atoms with Crippen LogP contribution in [0.1, 0.15) is 38.7 Å². The molecule has 2 rings (SSSR count). The first kappa shape index (κ1) is 15.0. The maximum absolute atomic E-state index is 12.3. The van der Waals surface area contributed by atoms with Crippen molar-refractivity contribution < 1.29 is 8.42 Å². The minimum Gasteiger partial charge on any atom is -0.313 e. The summed E-state index contributed by atoms with van der Waals surface area (Å²) in [7, 11) is -3.34. The first-order chi connectivity index (χ1) is 9.03. The summed E-state index contributed by atoms with van der Waals surface area (Å²) in [5.74, 6) is 0.510. The van der Waals surface area contributed by atoms with Crippen LogP contribution in [0.5, 0.6) is 0 Å².